The van der Waals surface area contributed by atoms with Crippen LogP contribution in [0.15, 0.2) is 0 Å². The Bertz CT molecular complexity index is 130. The number of likely N-dealkylation sites (N-methyl/N-ethyl adjacent to an activating group) is 1. The Morgan fingerprint density at radius 2 is 1.93 bits per heavy atom. The molecule has 0 aromatic carbocycles. The van der Waals surface area contributed by atoms with Crippen LogP contribution in [0.2, 0.25) is 0 Å². The third kappa shape index (κ3) is 4.94. The summed E-state index contributed by atoms with van der Waals surface area (Å²) < 4.78 is 5.55. The first-order chi connectivity index (χ1) is 6.69. The third-order valence-corrected chi connectivity index (χ3v) is 2.72. The van der Waals surface area contributed by atoms with Gasteiger partial charge in [-0.2, -0.15) is 0 Å². The van der Waals surface area contributed by atoms with Crippen molar-refractivity contribution >= 4 is 0 Å². The number of hydrogen-bond acceptors (Lipinski definition) is 3. The maximum absolute atomic E-state index is 5.65. The summed E-state index contributed by atoms with van der Waals surface area (Å²) >= 11 is 0. The topological polar surface area (TPSA) is 38.5 Å². The van der Waals surface area contributed by atoms with E-state index in [1.165, 1.54) is 6.42 Å². The van der Waals surface area contributed by atoms with Crippen LogP contribution in [0.1, 0.15) is 34.1 Å². The fourth-order valence-corrected chi connectivity index (χ4v) is 1.57. The highest BCUT2D eigenvalue weighted by Gasteiger charge is 2.15. The van der Waals surface area contributed by atoms with Crippen LogP contribution >= 0.6 is 0 Å². The van der Waals surface area contributed by atoms with Crippen molar-refractivity contribution < 1.29 is 4.74 Å². The molecular weight excluding hydrogens is 176 g/mol. The Hall–Kier alpha value is -0.120. The molecule has 0 heterocycles. The Kier molecular flexibility index (Phi) is 8.14. The molecule has 0 radical (unpaired) electrons. The SMILES string of the molecule is CCOC(CN)CN(CC)C(C)CC. The van der Waals surface area contributed by atoms with Crippen LogP contribution in [0.25, 0.3) is 0 Å². The van der Waals surface area contributed by atoms with Gasteiger partial charge in [-0.3, -0.25) is 4.90 Å². The summed E-state index contributed by atoms with van der Waals surface area (Å²) in [6, 6.07) is 0.620. The summed E-state index contributed by atoms with van der Waals surface area (Å²) in [5.74, 6) is 0. The van der Waals surface area contributed by atoms with Crippen molar-refractivity contribution in [1.82, 2.24) is 4.90 Å². The van der Waals surface area contributed by atoms with Crippen molar-refractivity contribution in [3.8, 4) is 0 Å². The van der Waals surface area contributed by atoms with Crippen LogP contribution in [0.4, 0.5) is 0 Å². The van der Waals surface area contributed by atoms with Gasteiger partial charge in [-0.25, -0.2) is 0 Å². The van der Waals surface area contributed by atoms with Gasteiger partial charge in [0.25, 0.3) is 0 Å². The van der Waals surface area contributed by atoms with Crippen LogP contribution in [0, 0.1) is 0 Å². The first-order valence-corrected chi connectivity index (χ1v) is 5.75. The number of ether oxygens (including phenoxy) is 1. The van der Waals surface area contributed by atoms with Gasteiger partial charge < -0.3 is 10.5 Å². The lowest BCUT2D eigenvalue weighted by Crippen LogP contribution is -2.42. The normalized spacial score (nSPS) is 15.9. The predicted molar refractivity (Wildman–Crippen MR) is 61.5 cm³/mol. The predicted octanol–water partition coefficient (Wildman–Crippen LogP) is 1.47. The van der Waals surface area contributed by atoms with E-state index in [1.54, 1.807) is 0 Å². The lowest BCUT2D eigenvalue weighted by atomic mass is 10.2. The molecule has 0 aromatic rings. The molecule has 0 saturated heterocycles. The Balaban J connectivity index is 3.99. The lowest BCUT2D eigenvalue weighted by Gasteiger charge is -2.30. The third-order valence-electron chi connectivity index (χ3n) is 2.72. The number of rotatable bonds is 8. The average molecular weight is 202 g/mol. The zero-order valence-corrected chi connectivity index (χ0v) is 10.1. The van der Waals surface area contributed by atoms with Gasteiger partial charge in [-0.05, 0) is 26.8 Å². The van der Waals surface area contributed by atoms with Gasteiger partial charge >= 0.3 is 0 Å². The van der Waals surface area contributed by atoms with Crippen molar-refractivity contribution in [2.45, 2.75) is 46.3 Å². The minimum Gasteiger partial charge on any atom is -0.376 e. The van der Waals surface area contributed by atoms with E-state index >= 15 is 0 Å². The average Bonchev–Trinajstić information content (AvgIpc) is 2.23. The molecule has 0 aliphatic carbocycles. The van der Waals surface area contributed by atoms with Crippen LogP contribution in [-0.4, -0.2) is 43.3 Å². The Morgan fingerprint density at radius 1 is 1.29 bits per heavy atom. The summed E-state index contributed by atoms with van der Waals surface area (Å²) in [5.41, 5.74) is 5.65. The largest absolute Gasteiger partial charge is 0.376 e. The molecule has 2 unspecified atom stereocenters. The van der Waals surface area contributed by atoms with Crippen LogP contribution in [0.3, 0.4) is 0 Å². The maximum atomic E-state index is 5.65. The van der Waals surface area contributed by atoms with E-state index < -0.39 is 0 Å². The molecule has 0 bridgehead atoms. The molecular formula is C11H26N2O. The van der Waals surface area contributed by atoms with E-state index in [2.05, 4.69) is 25.7 Å². The Morgan fingerprint density at radius 3 is 2.29 bits per heavy atom. The van der Waals surface area contributed by atoms with E-state index in [0.717, 1.165) is 19.7 Å². The van der Waals surface area contributed by atoms with E-state index in [9.17, 15) is 0 Å². The smallest absolute Gasteiger partial charge is 0.0823 e. The molecule has 0 aromatic heterocycles. The molecule has 0 spiro atoms. The summed E-state index contributed by atoms with van der Waals surface area (Å²) in [7, 11) is 0. The quantitative estimate of drug-likeness (QED) is 0.648. The second-order valence-electron chi connectivity index (χ2n) is 3.66. The second kappa shape index (κ2) is 8.21. The highest BCUT2D eigenvalue weighted by Crippen LogP contribution is 2.05. The molecule has 14 heavy (non-hydrogen) atoms. The van der Waals surface area contributed by atoms with Gasteiger partial charge in [0.1, 0.15) is 0 Å². The summed E-state index contributed by atoms with van der Waals surface area (Å²) in [4.78, 5) is 2.42. The van der Waals surface area contributed by atoms with E-state index in [-0.39, 0.29) is 6.10 Å². The highest BCUT2D eigenvalue weighted by molar-refractivity contribution is 4.70. The van der Waals surface area contributed by atoms with Crippen molar-refractivity contribution in [3.05, 3.63) is 0 Å². The van der Waals surface area contributed by atoms with Crippen molar-refractivity contribution in [3.63, 3.8) is 0 Å². The fraction of sp³-hybridized carbons (Fsp3) is 1.00. The van der Waals surface area contributed by atoms with Gasteiger partial charge in [-0.1, -0.05) is 13.8 Å². The van der Waals surface area contributed by atoms with Gasteiger partial charge in [0.05, 0.1) is 6.10 Å². The van der Waals surface area contributed by atoms with Crippen LogP contribution in [0.5, 0.6) is 0 Å². The minimum atomic E-state index is 0.189. The maximum Gasteiger partial charge on any atom is 0.0823 e. The van der Waals surface area contributed by atoms with Gasteiger partial charge in [0.15, 0.2) is 0 Å². The van der Waals surface area contributed by atoms with E-state index in [1.807, 2.05) is 6.92 Å². The standard InChI is InChI=1S/C11H26N2O/c1-5-10(4)13(6-2)9-11(8-12)14-7-3/h10-11H,5-9,12H2,1-4H3. The summed E-state index contributed by atoms with van der Waals surface area (Å²) in [5, 5.41) is 0. The molecule has 0 fully saturated rings. The molecule has 2 N–H and O–H groups in total. The summed E-state index contributed by atoms with van der Waals surface area (Å²) in [6.45, 7) is 12.1. The molecule has 2 atom stereocenters. The van der Waals surface area contributed by atoms with E-state index in [0.29, 0.717) is 12.6 Å². The first kappa shape index (κ1) is 13.9. The summed E-state index contributed by atoms with van der Waals surface area (Å²) in [6.07, 6.45) is 1.37. The molecule has 0 rings (SSSR count). The number of hydrogen-bond donors (Lipinski definition) is 1. The van der Waals surface area contributed by atoms with Crippen molar-refractivity contribution in [1.29, 1.82) is 0 Å². The first-order valence-electron chi connectivity index (χ1n) is 5.75. The lowest BCUT2D eigenvalue weighted by molar-refractivity contribution is 0.0304. The van der Waals surface area contributed by atoms with Gasteiger partial charge in [0, 0.05) is 25.7 Å². The number of nitrogens with two attached hydrogens (primary N) is 1. The van der Waals surface area contributed by atoms with Gasteiger partial charge in [0.2, 0.25) is 0 Å². The molecule has 0 amide bonds. The van der Waals surface area contributed by atoms with Crippen molar-refractivity contribution in [2.75, 3.05) is 26.2 Å². The van der Waals surface area contributed by atoms with Crippen LogP contribution < -0.4 is 5.73 Å². The number of nitrogens with zero attached hydrogens (tertiary/aromatic N) is 1. The zero-order valence-electron chi connectivity index (χ0n) is 10.1. The van der Waals surface area contributed by atoms with E-state index in [4.69, 9.17) is 10.5 Å². The molecule has 86 valence electrons. The monoisotopic (exact) mass is 202 g/mol. The molecule has 0 saturated carbocycles. The molecule has 3 nitrogen and oxygen atoms in total. The Labute approximate surface area is 88.6 Å². The van der Waals surface area contributed by atoms with Crippen molar-refractivity contribution in [2.24, 2.45) is 5.73 Å². The van der Waals surface area contributed by atoms with Gasteiger partial charge in [-0.15, -0.1) is 0 Å². The molecule has 0 aliphatic heterocycles. The highest BCUT2D eigenvalue weighted by atomic mass is 16.5. The van der Waals surface area contributed by atoms with Crippen LogP contribution in [-0.2, 0) is 4.74 Å². The fourth-order valence-electron chi connectivity index (χ4n) is 1.57. The second-order valence-corrected chi connectivity index (χ2v) is 3.66. The minimum absolute atomic E-state index is 0.189. The molecule has 3 heteroatoms. The zero-order chi connectivity index (χ0) is 11.0. The molecule has 0 aliphatic rings.